The lowest BCUT2D eigenvalue weighted by atomic mass is 9.95. The Morgan fingerprint density at radius 1 is 1.38 bits per heavy atom. The molecule has 2 fully saturated rings. The third kappa shape index (κ3) is 3.76. The van der Waals surface area contributed by atoms with Crippen LogP contribution in [0.25, 0.3) is 0 Å². The van der Waals surface area contributed by atoms with E-state index in [4.69, 9.17) is 9.26 Å². The van der Waals surface area contributed by atoms with Gasteiger partial charge in [0, 0.05) is 31.6 Å². The van der Waals surface area contributed by atoms with Crippen molar-refractivity contribution in [3.63, 3.8) is 0 Å². The highest BCUT2D eigenvalue weighted by atomic mass is 16.5. The third-order valence-corrected chi connectivity index (χ3v) is 4.64. The highest BCUT2D eigenvalue weighted by Crippen LogP contribution is 2.21. The molecule has 0 radical (unpaired) electrons. The number of carbonyl (C=O) groups is 2. The van der Waals surface area contributed by atoms with E-state index in [1.807, 2.05) is 11.8 Å². The summed E-state index contributed by atoms with van der Waals surface area (Å²) in [6, 6.07) is 1.40. The second kappa shape index (κ2) is 7.31. The first-order valence-electron chi connectivity index (χ1n) is 8.42. The number of carbonyl (C=O) groups excluding carboxylic acids is 2. The number of hydrogen-bond donors (Lipinski definition) is 2. The van der Waals surface area contributed by atoms with Gasteiger partial charge in [-0.25, -0.2) is 0 Å². The molecule has 0 aliphatic carbocycles. The van der Waals surface area contributed by atoms with Crippen LogP contribution >= 0.6 is 0 Å². The minimum atomic E-state index is -0.290. The molecular formula is C16H24N4O4. The van der Waals surface area contributed by atoms with Gasteiger partial charge >= 0.3 is 0 Å². The van der Waals surface area contributed by atoms with Crippen molar-refractivity contribution in [2.24, 2.45) is 5.92 Å². The standard InChI is InChI=1S/C16H24N4O4/c1-10-9-13(19-24-10)18-15(21)12-3-6-20(7-4-12)16(22)14-11(2)23-8-5-17-14/h9,11-12,14,17H,3-8H2,1-2H3,(H,18,19,21)/t11-,14+/m1/s1. The molecule has 2 aliphatic rings. The number of aromatic nitrogens is 1. The fraction of sp³-hybridized carbons (Fsp3) is 0.688. The zero-order valence-electron chi connectivity index (χ0n) is 14.1. The smallest absolute Gasteiger partial charge is 0.242 e. The van der Waals surface area contributed by atoms with Crippen molar-refractivity contribution in [1.29, 1.82) is 0 Å². The van der Waals surface area contributed by atoms with Crippen LogP contribution in [0, 0.1) is 12.8 Å². The van der Waals surface area contributed by atoms with Crippen molar-refractivity contribution in [2.75, 3.05) is 31.6 Å². The zero-order chi connectivity index (χ0) is 17.1. The van der Waals surface area contributed by atoms with Crippen LogP contribution in [-0.4, -0.2) is 60.3 Å². The largest absolute Gasteiger partial charge is 0.375 e. The van der Waals surface area contributed by atoms with Crippen molar-refractivity contribution in [3.05, 3.63) is 11.8 Å². The van der Waals surface area contributed by atoms with E-state index in [0.717, 1.165) is 0 Å². The number of hydrogen-bond acceptors (Lipinski definition) is 6. The molecule has 132 valence electrons. The minimum absolute atomic E-state index is 0.0631. The number of anilines is 1. The van der Waals surface area contributed by atoms with Gasteiger partial charge < -0.3 is 24.8 Å². The second-order valence-corrected chi connectivity index (χ2v) is 6.42. The molecule has 0 unspecified atom stereocenters. The molecule has 1 aromatic heterocycles. The summed E-state index contributed by atoms with van der Waals surface area (Å²) in [5.41, 5.74) is 0. The van der Waals surface area contributed by atoms with Gasteiger partial charge in [0.05, 0.1) is 12.7 Å². The summed E-state index contributed by atoms with van der Waals surface area (Å²) < 4.78 is 10.5. The number of aryl methyl sites for hydroxylation is 1. The molecule has 3 heterocycles. The Morgan fingerprint density at radius 3 is 2.75 bits per heavy atom. The molecule has 8 heteroatoms. The number of morpholine rings is 1. The first-order valence-corrected chi connectivity index (χ1v) is 8.42. The lowest BCUT2D eigenvalue weighted by molar-refractivity contribution is -0.142. The van der Waals surface area contributed by atoms with Gasteiger partial charge in [0.1, 0.15) is 11.8 Å². The van der Waals surface area contributed by atoms with Gasteiger partial charge in [-0.2, -0.15) is 0 Å². The first-order chi connectivity index (χ1) is 11.5. The molecule has 0 aromatic carbocycles. The number of ether oxygens (including phenoxy) is 1. The predicted molar refractivity (Wildman–Crippen MR) is 86.4 cm³/mol. The average Bonchev–Trinajstić information content (AvgIpc) is 2.99. The van der Waals surface area contributed by atoms with Gasteiger partial charge in [-0.15, -0.1) is 0 Å². The predicted octanol–water partition coefficient (Wildman–Crippen LogP) is 0.537. The summed E-state index contributed by atoms with van der Waals surface area (Å²) in [5, 5.41) is 9.76. The molecule has 2 aliphatic heterocycles. The highest BCUT2D eigenvalue weighted by molar-refractivity contribution is 5.92. The van der Waals surface area contributed by atoms with Crippen LogP contribution < -0.4 is 10.6 Å². The van der Waals surface area contributed by atoms with E-state index in [9.17, 15) is 9.59 Å². The highest BCUT2D eigenvalue weighted by Gasteiger charge is 2.34. The molecule has 0 saturated carbocycles. The molecule has 0 spiro atoms. The van der Waals surface area contributed by atoms with E-state index in [1.54, 1.807) is 13.0 Å². The fourth-order valence-corrected chi connectivity index (χ4v) is 3.22. The van der Waals surface area contributed by atoms with Gasteiger partial charge in [0.25, 0.3) is 0 Å². The maximum absolute atomic E-state index is 12.6. The summed E-state index contributed by atoms with van der Waals surface area (Å²) in [5.74, 6) is 0.977. The van der Waals surface area contributed by atoms with Crippen molar-refractivity contribution < 1.29 is 18.8 Å². The molecule has 8 nitrogen and oxygen atoms in total. The van der Waals surface area contributed by atoms with Crippen molar-refractivity contribution in [3.8, 4) is 0 Å². The summed E-state index contributed by atoms with van der Waals surface area (Å²) >= 11 is 0. The quantitative estimate of drug-likeness (QED) is 0.836. The lowest BCUT2D eigenvalue weighted by Gasteiger charge is -2.37. The molecule has 24 heavy (non-hydrogen) atoms. The normalized spacial score (nSPS) is 25.5. The van der Waals surface area contributed by atoms with Gasteiger partial charge in [0.2, 0.25) is 11.8 Å². The van der Waals surface area contributed by atoms with Crippen molar-refractivity contribution >= 4 is 17.6 Å². The lowest BCUT2D eigenvalue weighted by Crippen LogP contribution is -2.57. The van der Waals surface area contributed by atoms with Crippen LogP contribution in [0.15, 0.2) is 10.6 Å². The van der Waals surface area contributed by atoms with Crippen molar-refractivity contribution in [2.45, 2.75) is 38.8 Å². The third-order valence-electron chi connectivity index (χ3n) is 4.64. The first kappa shape index (κ1) is 16.9. The number of nitrogens with zero attached hydrogens (tertiary/aromatic N) is 2. The maximum Gasteiger partial charge on any atom is 0.242 e. The Labute approximate surface area is 140 Å². The number of piperidine rings is 1. The molecular weight excluding hydrogens is 312 g/mol. The fourth-order valence-electron chi connectivity index (χ4n) is 3.22. The van der Waals surface area contributed by atoms with Crippen LogP contribution in [-0.2, 0) is 14.3 Å². The summed E-state index contributed by atoms with van der Waals surface area (Å²) in [6.07, 6.45) is 1.18. The molecule has 2 saturated heterocycles. The minimum Gasteiger partial charge on any atom is -0.375 e. The monoisotopic (exact) mass is 336 g/mol. The Morgan fingerprint density at radius 2 is 2.12 bits per heavy atom. The van der Waals surface area contributed by atoms with Crippen LogP contribution in [0.5, 0.6) is 0 Å². The maximum atomic E-state index is 12.6. The van der Waals surface area contributed by atoms with Crippen LogP contribution in [0.2, 0.25) is 0 Å². The van der Waals surface area contributed by atoms with Gasteiger partial charge in [-0.1, -0.05) is 5.16 Å². The molecule has 1 aromatic rings. The number of amides is 2. The Bertz CT molecular complexity index is 595. The van der Waals surface area contributed by atoms with E-state index in [2.05, 4.69) is 15.8 Å². The van der Waals surface area contributed by atoms with Gasteiger partial charge in [-0.05, 0) is 26.7 Å². The number of rotatable bonds is 3. The Kier molecular flexibility index (Phi) is 5.15. The van der Waals surface area contributed by atoms with E-state index in [0.29, 0.717) is 50.7 Å². The Hall–Kier alpha value is -1.93. The number of nitrogens with one attached hydrogen (secondary N) is 2. The second-order valence-electron chi connectivity index (χ2n) is 6.42. The van der Waals surface area contributed by atoms with Crippen LogP contribution in [0.4, 0.5) is 5.82 Å². The van der Waals surface area contributed by atoms with E-state index >= 15 is 0 Å². The van der Waals surface area contributed by atoms with E-state index < -0.39 is 0 Å². The summed E-state index contributed by atoms with van der Waals surface area (Å²) in [7, 11) is 0. The van der Waals surface area contributed by atoms with Crippen molar-refractivity contribution in [1.82, 2.24) is 15.4 Å². The SMILES string of the molecule is Cc1cc(NC(=O)C2CCN(C(=O)[C@H]3NCCO[C@@H]3C)CC2)no1. The Balaban J connectivity index is 1.49. The molecule has 2 amide bonds. The van der Waals surface area contributed by atoms with Gasteiger partial charge in [-0.3, -0.25) is 9.59 Å². The van der Waals surface area contributed by atoms with Crippen LogP contribution in [0.1, 0.15) is 25.5 Å². The van der Waals surface area contributed by atoms with E-state index in [1.165, 1.54) is 0 Å². The topological polar surface area (TPSA) is 96.7 Å². The molecule has 2 atom stereocenters. The molecule has 0 bridgehead atoms. The summed E-state index contributed by atoms with van der Waals surface area (Å²) in [4.78, 5) is 26.7. The molecule has 2 N–H and O–H groups in total. The molecule has 3 rings (SSSR count). The van der Waals surface area contributed by atoms with Crippen LogP contribution in [0.3, 0.4) is 0 Å². The zero-order valence-corrected chi connectivity index (χ0v) is 14.1. The summed E-state index contributed by atoms with van der Waals surface area (Å²) in [6.45, 7) is 6.18. The number of likely N-dealkylation sites (tertiary alicyclic amines) is 1. The average molecular weight is 336 g/mol. The van der Waals surface area contributed by atoms with E-state index in [-0.39, 0.29) is 29.9 Å². The van der Waals surface area contributed by atoms with Gasteiger partial charge in [0.15, 0.2) is 5.82 Å².